The summed E-state index contributed by atoms with van der Waals surface area (Å²) in [6.45, 7) is 0.578. The summed E-state index contributed by atoms with van der Waals surface area (Å²) in [5, 5.41) is 5.96. The number of hydrogen-bond acceptors (Lipinski definition) is 10. The lowest BCUT2D eigenvalue weighted by molar-refractivity contribution is 0.770. The van der Waals surface area contributed by atoms with Gasteiger partial charge in [-0.15, -0.1) is 11.3 Å². The van der Waals surface area contributed by atoms with E-state index in [2.05, 4.69) is 35.4 Å². The molecule has 0 radical (unpaired) electrons. The molecule has 0 bridgehead atoms. The van der Waals surface area contributed by atoms with Gasteiger partial charge in [-0.05, 0) is 0 Å². The van der Waals surface area contributed by atoms with Crippen LogP contribution in [-0.4, -0.2) is 41.7 Å². The molecular formula is C10H12N10S. The zero-order valence-electron chi connectivity index (χ0n) is 11.1. The van der Waals surface area contributed by atoms with Gasteiger partial charge in [0.15, 0.2) is 0 Å². The molecule has 3 aromatic rings. The molecule has 0 saturated carbocycles. The Hall–Kier alpha value is -2.66. The van der Waals surface area contributed by atoms with Crippen molar-refractivity contribution in [3.05, 3.63) is 29.2 Å². The molecule has 21 heavy (non-hydrogen) atoms. The minimum absolute atomic E-state index is 0.246. The van der Waals surface area contributed by atoms with Gasteiger partial charge < -0.3 is 4.90 Å². The first-order chi connectivity index (χ1) is 10.3. The first-order valence-electron chi connectivity index (χ1n) is 5.92. The summed E-state index contributed by atoms with van der Waals surface area (Å²) in [4.78, 5) is 22.7. The van der Waals surface area contributed by atoms with Crippen LogP contribution in [0.5, 0.6) is 0 Å². The number of hydrogen-bond donors (Lipinski definition) is 2. The van der Waals surface area contributed by atoms with E-state index < -0.39 is 0 Å². The third-order valence-electron chi connectivity index (χ3n) is 2.59. The molecule has 0 atom stereocenters. The second kappa shape index (κ2) is 5.76. The average Bonchev–Trinajstić information content (AvgIpc) is 3.20. The molecule has 10 nitrogen and oxygen atoms in total. The molecular weight excluding hydrogens is 292 g/mol. The molecule has 0 fully saturated rings. The molecule has 0 unspecified atom stereocenters. The van der Waals surface area contributed by atoms with Crippen LogP contribution in [0.4, 0.5) is 11.9 Å². The van der Waals surface area contributed by atoms with E-state index in [-0.39, 0.29) is 5.95 Å². The average molecular weight is 304 g/mol. The van der Waals surface area contributed by atoms with Gasteiger partial charge in [-0.25, -0.2) is 15.8 Å². The number of aromatic nitrogens is 7. The van der Waals surface area contributed by atoms with Crippen LogP contribution >= 0.6 is 11.3 Å². The van der Waals surface area contributed by atoms with Gasteiger partial charge in [0.25, 0.3) is 5.95 Å². The topological polar surface area (TPSA) is 124 Å². The molecule has 3 rings (SSSR count). The lowest BCUT2D eigenvalue weighted by Gasteiger charge is -2.16. The second-order valence-electron chi connectivity index (χ2n) is 4.08. The highest BCUT2D eigenvalue weighted by Crippen LogP contribution is 2.13. The Labute approximate surface area is 123 Å². The standard InChI is InChI=1S/C10H12N10S/c1-19(2-7-3-21-6-13-7)9-15-8(18-11)16-10(17-9)20-5-12-4-14-20/h3-6H,2,11H2,1H3,(H,15,16,17,18). The van der Waals surface area contributed by atoms with Crippen LogP contribution in [0, 0.1) is 0 Å². The number of anilines is 2. The van der Waals surface area contributed by atoms with Crippen LogP contribution in [0.15, 0.2) is 23.5 Å². The highest BCUT2D eigenvalue weighted by molar-refractivity contribution is 7.07. The van der Waals surface area contributed by atoms with E-state index in [0.717, 1.165) is 5.69 Å². The van der Waals surface area contributed by atoms with Gasteiger partial charge in [0.05, 0.1) is 17.7 Å². The summed E-state index contributed by atoms with van der Waals surface area (Å²) in [5.74, 6) is 6.43. The van der Waals surface area contributed by atoms with E-state index >= 15 is 0 Å². The van der Waals surface area contributed by atoms with E-state index in [1.165, 1.54) is 28.7 Å². The van der Waals surface area contributed by atoms with Crippen molar-refractivity contribution in [2.45, 2.75) is 6.54 Å². The molecule has 0 aliphatic rings. The molecule has 0 aromatic carbocycles. The molecule has 3 N–H and O–H groups in total. The molecule has 0 amide bonds. The summed E-state index contributed by atoms with van der Waals surface area (Å²) in [6, 6.07) is 0. The van der Waals surface area contributed by atoms with Crippen molar-refractivity contribution >= 4 is 23.2 Å². The Morgan fingerprint density at radius 3 is 2.95 bits per heavy atom. The molecule has 0 saturated heterocycles. The Bertz CT molecular complexity index is 695. The van der Waals surface area contributed by atoms with Gasteiger partial charge >= 0.3 is 0 Å². The van der Waals surface area contributed by atoms with E-state index in [9.17, 15) is 0 Å². The second-order valence-corrected chi connectivity index (χ2v) is 4.80. The van der Waals surface area contributed by atoms with E-state index in [4.69, 9.17) is 5.84 Å². The molecule has 0 aliphatic carbocycles. The van der Waals surface area contributed by atoms with Crippen LogP contribution in [0.1, 0.15) is 5.69 Å². The van der Waals surface area contributed by atoms with Crippen molar-refractivity contribution in [2.24, 2.45) is 5.84 Å². The van der Waals surface area contributed by atoms with Crippen LogP contribution in [0.2, 0.25) is 0 Å². The Morgan fingerprint density at radius 2 is 2.29 bits per heavy atom. The monoisotopic (exact) mass is 304 g/mol. The van der Waals surface area contributed by atoms with Gasteiger partial charge in [0.1, 0.15) is 12.7 Å². The quantitative estimate of drug-likeness (QED) is 0.488. The van der Waals surface area contributed by atoms with Gasteiger partial charge in [-0.2, -0.15) is 24.7 Å². The third-order valence-corrected chi connectivity index (χ3v) is 3.22. The SMILES string of the molecule is CN(Cc1cscn1)c1nc(NN)nc(-n2cncn2)n1. The van der Waals surface area contributed by atoms with Crippen molar-refractivity contribution in [2.75, 3.05) is 17.4 Å². The molecule has 0 spiro atoms. The molecule has 3 heterocycles. The zero-order chi connectivity index (χ0) is 14.7. The number of rotatable bonds is 5. The maximum absolute atomic E-state index is 5.40. The maximum Gasteiger partial charge on any atom is 0.258 e. The first kappa shape index (κ1) is 13.3. The van der Waals surface area contributed by atoms with E-state index in [0.29, 0.717) is 18.4 Å². The van der Waals surface area contributed by atoms with Crippen molar-refractivity contribution in [1.29, 1.82) is 0 Å². The van der Waals surface area contributed by atoms with Gasteiger partial charge in [0.2, 0.25) is 11.9 Å². The largest absolute Gasteiger partial charge is 0.338 e. The highest BCUT2D eigenvalue weighted by Gasteiger charge is 2.12. The van der Waals surface area contributed by atoms with Gasteiger partial charge in [-0.3, -0.25) is 5.43 Å². The van der Waals surface area contributed by atoms with Crippen molar-refractivity contribution in [3.8, 4) is 5.95 Å². The van der Waals surface area contributed by atoms with Crippen molar-refractivity contribution in [3.63, 3.8) is 0 Å². The predicted octanol–water partition coefficient (Wildman–Crippen LogP) is -0.169. The van der Waals surface area contributed by atoms with Crippen LogP contribution in [-0.2, 0) is 6.54 Å². The zero-order valence-corrected chi connectivity index (χ0v) is 11.9. The van der Waals surface area contributed by atoms with Crippen LogP contribution in [0.25, 0.3) is 5.95 Å². The van der Waals surface area contributed by atoms with Gasteiger partial charge in [-0.1, -0.05) is 0 Å². The summed E-state index contributed by atoms with van der Waals surface area (Å²) < 4.78 is 1.43. The lowest BCUT2D eigenvalue weighted by atomic mass is 10.4. The molecule has 0 aliphatic heterocycles. The fourth-order valence-electron chi connectivity index (χ4n) is 1.63. The number of nitrogens with two attached hydrogens (primary N) is 1. The normalized spacial score (nSPS) is 10.6. The molecule has 11 heteroatoms. The predicted molar refractivity (Wildman–Crippen MR) is 76.8 cm³/mol. The minimum Gasteiger partial charge on any atom is -0.338 e. The smallest absolute Gasteiger partial charge is 0.258 e. The summed E-state index contributed by atoms with van der Waals surface area (Å²) in [6.07, 6.45) is 2.90. The summed E-state index contributed by atoms with van der Waals surface area (Å²) in [5.41, 5.74) is 5.14. The Balaban J connectivity index is 1.92. The van der Waals surface area contributed by atoms with Crippen LogP contribution in [0.3, 0.4) is 0 Å². The number of nitrogens with zero attached hydrogens (tertiary/aromatic N) is 8. The van der Waals surface area contributed by atoms with Crippen molar-refractivity contribution < 1.29 is 0 Å². The fourth-order valence-corrected chi connectivity index (χ4v) is 2.18. The Morgan fingerprint density at radius 1 is 1.38 bits per heavy atom. The highest BCUT2D eigenvalue weighted by atomic mass is 32.1. The fraction of sp³-hybridized carbons (Fsp3) is 0.200. The number of thiazole rings is 1. The number of nitrogen functional groups attached to an aromatic ring is 1. The molecule has 108 valence electrons. The van der Waals surface area contributed by atoms with Crippen LogP contribution < -0.4 is 16.2 Å². The lowest BCUT2D eigenvalue weighted by Crippen LogP contribution is -2.22. The first-order valence-corrected chi connectivity index (χ1v) is 6.86. The number of hydrazine groups is 1. The summed E-state index contributed by atoms with van der Waals surface area (Å²) >= 11 is 1.54. The molecule has 3 aromatic heterocycles. The van der Waals surface area contributed by atoms with E-state index in [1.54, 1.807) is 5.51 Å². The maximum atomic E-state index is 5.40. The van der Waals surface area contributed by atoms with Crippen molar-refractivity contribution in [1.82, 2.24) is 34.7 Å². The van der Waals surface area contributed by atoms with E-state index in [1.807, 2.05) is 17.3 Å². The number of nitrogens with one attached hydrogen (secondary N) is 1. The Kier molecular flexibility index (Phi) is 3.66. The van der Waals surface area contributed by atoms with Gasteiger partial charge in [0, 0.05) is 12.4 Å². The minimum atomic E-state index is 0.246. The summed E-state index contributed by atoms with van der Waals surface area (Å²) in [7, 11) is 1.86. The third kappa shape index (κ3) is 2.93.